The van der Waals surface area contributed by atoms with E-state index >= 15 is 0 Å². The normalized spacial score (nSPS) is 10.2. The van der Waals surface area contributed by atoms with Crippen LogP contribution in [0.25, 0.3) is 0 Å². The second kappa shape index (κ2) is 5.94. The maximum Gasteiger partial charge on any atom is 0.271 e. The third kappa shape index (κ3) is 3.39. The molecule has 21 heavy (non-hydrogen) atoms. The maximum absolute atomic E-state index is 10.6. The van der Waals surface area contributed by atoms with Crippen molar-refractivity contribution in [3.05, 3.63) is 66.7 Å². The molecule has 0 saturated heterocycles. The Bertz CT molecular complexity index is 674. The number of nitro groups is 2. The van der Waals surface area contributed by atoms with Crippen LogP contribution >= 0.6 is 23.2 Å². The summed E-state index contributed by atoms with van der Waals surface area (Å²) in [7, 11) is 0. The molecule has 7 nitrogen and oxygen atoms in total. The highest BCUT2D eigenvalue weighted by Crippen LogP contribution is 2.36. The molecule has 0 aromatic heterocycles. The summed E-state index contributed by atoms with van der Waals surface area (Å²) >= 11 is 11.8. The topological polar surface area (TPSA) is 95.5 Å². The molecule has 0 unspecified atom stereocenters. The highest BCUT2D eigenvalue weighted by Gasteiger charge is 2.14. The van der Waals surface area contributed by atoms with E-state index in [-0.39, 0.29) is 32.9 Å². The van der Waals surface area contributed by atoms with Crippen LogP contribution in [0.5, 0.6) is 11.5 Å². The largest absolute Gasteiger partial charge is 0.454 e. The van der Waals surface area contributed by atoms with E-state index < -0.39 is 9.85 Å². The van der Waals surface area contributed by atoms with Crippen LogP contribution in [0.15, 0.2) is 36.4 Å². The first-order valence-electron chi connectivity index (χ1n) is 5.44. The number of hydrogen-bond donors (Lipinski definition) is 0. The Morgan fingerprint density at radius 2 is 1.19 bits per heavy atom. The van der Waals surface area contributed by atoms with Crippen LogP contribution < -0.4 is 4.74 Å². The number of ether oxygens (including phenoxy) is 1. The summed E-state index contributed by atoms with van der Waals surface area (Å²) in [5, 5.41) is 21.3. The van der Waals surface area contributed by atoms with Crippen molar-refractivity contribution in [1.29, 1.82) is 0 Å². The first-order chi connectivity index (χ1) is 9.88. The Morgan fingerprint density at radius 1 is 0.810 bits per heavy atom. The van der Waals surface area contributed by atoms with E-state index in [4.69, 9.17) is 27.9 Å². The average molecular weight is 329 g/mol. The van der Waals surface area contributed by atoms with Gasteiger partial charge in [0.1, 0.15) is 11.5 Å². The smallest absolute Gasteiger partial charge is 0.271 e. The van der Waals surface area contributed by atoms with E-state index in [0.29, 0.717) is 0 Å². The number of nitro benzene ring substituents is 2. The van der Waals surface area contributed by atoms with Gasteiger partial charge < -0.3 is 4.74 Å². The molecule has 9 heteroatoms. The molecule has 0 N–H and O–H groups in total. The first-order valence-corrected chi connectivity index (χ1v) is 6.20. The van der Waals surface area contributed by atoms with E-state index in [1.165, 1.54) is 24.3 Å². The Labute approximate surface area is 128 Å². The molecule has 0 aliphatic heterocycles. The Morgan fingerprint density at radius 3 is 1.48 bits per heavy atom. The van der Waals surface area contributed by atoms with E-state index in [0.717, 1.165) is 12.1 Å². The highest BCUT2D eigenvalue weighted by molar-refractivity contribution is 6.33. The molecule has 2 aromatic rings. The average Bonchev–Trinajstić information content (AvgIpc) is 2.42. The van der Waals surface area contributed by atoms with Crippen molar-refractivity contribution in [2.24, 2.45) is 0 Å². The molecule has 0 aliphatic carbocycles. The Kier molecular flexibility index (Phi) is 4.25. The fourth-order valence-electron chi connectivity index (χ4n) is 1.49. The maximum atomic E-state index is 10.6. The van der Waals surface area contributed by atoms with Gasteiger partial charge in [0.25, 0.3) is 11.4 Å². The lowest BCUT2D eigenvalue weighted by Gasteiger charge is -2.08. The monoisotopic (exact) mass is 328 g/mol. The van der Waals surface area contributed by atoms with E-state index in [1.807, 2.05) is 0 Å². The van der Waals surface area contributed by atoms with Gasteiger partial charge in [-0.15, -0.1) is 0 Å². The zero-order valence-electron chi connectivity index (χ0n) is 10.2. The molecule has 0 saturated carbocycles. The van der Waals surface area contributed by atoms with Gasteiger partial charge in [0.05, 0.1) is 19.9 Å². The molecular weight excluding hydrogens is 323 g/mol. The predicted octanol–water partition coefficient (Wildman–Crippen LogP) is 4.60. The minimum absolute atomic E-state index is 0.0265. The van der Waals surface area contributed by atoms with Crippen molar-refractivity contribution in [3.63, 3.8) is 0 Å². The van der Waals surface area contributed by atoms with E-state index in [9.17, 15) is 20.2 Å². The Hall–Kier alpha value is -2.38. The van der Waals surface area contributed by atoms with Gasteiger partial charge in [-0.25, -0.2) is 0 Å². The lowest BCUT2D eigenvalue weighted by Crippen LogP contribution is -1.92. The third-order valence-corrected chi connectivity index (χ3v) is 3.06. The van der Waals surface area contributed by atoms with Gasteiger partial charge in [-0.05, 0) is 12.1 Å². The molecule has 2 aromatic carbocycles. The van der Waals surface area contributed by atoms with Crippen LogP contribution in [-0.4, -0.2) is 9.85 Å². The number of nitrogens with zero attached hydrogens (tertiary/aromatic N) is 2. The summed E-state index contributed by atoms with van der Waals surface area (Å²) in [6, 6.07) is 7.35. The van der Waals surface area contributed by atoms with Crippen molar-refractivity contribution in [1.82, 2.24) is 0 Å². The van der Waals surface area contributed by atoms with Gasteiger partial charge in [0.15, 0.2) is 0 Å². The molecule has 0 spiro atoms. The second-order valence-electron chi connectivity index (χ2n) is 3.85. The number of benzene rings is 2. The fraction of sp³-hybridized carbons (Fsp3) is 0. The van der Waals surface area contributed by atoms with Crippen molar-refractivity contribution >= 4 is 34.6 Å². The van der Waals surface area contributed by atoms with Gasteiger partial charge >= 0.3 is 0 Å². The summed E-state index contributed by atoms with van der Waals surface area (Å²) in [6.45, 7) is 0. The molecule has 0 radical (unpaired) electrons. The van der Waals surface area contributed by atoms with E-state index in [2.05, 4.69) is 0 Å². The number of rotatable bonds is 4. The lowest BCUT2D eigenvalue weighted by molar-refractivity contribution is -0.385. The summed E-state index contributed by atoms with van der Waals surface area (Å²) in [4.78, 5) is 20.0. The predicted molar refractivity (Wildman–Crippen MR) is 76.3 cm³/mol. The molecule has 0 aliphatic rings. The van der Waals surface area contributed by atoms with Crippen LogP contribution in [0.2, 0.25) is 10.0 Å². The quantitative estimate of drug-likeness (QED) is 0.603. The van der Waals surface area contributed by atoms with Crippen LogP contribution in [-0.2, 0) is 0 Å². The molecule has 0 heterocycles. The van der Waals surface area contributed by atoms with Crippen molar-refractivity contribution in [2.75, 3.05) is 0 Å². The molecular formula is C12H6Cl2N2O5. The van der Waals surface area contributed by atoms with Crippen LogP contribution in [0.4, 0.5) is 11.4 Å². The lowest BCUT2D eigenvalue weighted by atomic mass is 10.3. The number of halogens is 2. The summed E-state index contributed by atoms with van der Waals surface area (Å²) in [5.74, 6) is 0.302. The van der Waals surface area contributed by atoms with Crippen molar-refractivity contribution < 1.29 is 14.6 Å². The van der Waals surface area contributed by atoms with Gasteiger partial charge in [-0.2, -0.15) is 0 Å². The second-order valence-corrected chi connectivity index (χ2v) is 4.66. The van der Waals surface area contributed by atoms with Gasteiger partial charge in [0, 0.05) is 24.3 Å². The van der Waals surface area contributed by atoms with Crippen LogP contribution in [0.3, 0.4) is 0 Å². The molecule has 0 atom stereocenters. The zero-order valence-corrected chi connectivity index (χ0v) is 11.7. The zero-order chi connectivity index (χ0) is 15.6. The van der Waals surface area contributed by atoms with Crippen LogP contribution in [0.1, 0.15) is 0 Å². The van der Waals surface area contributed by atoms with E-state index in [1.54, 1.807) is 0 Å². The molecule has 108 valence electrons. The van der Waals surface area contributed by atoms with Crippen molar-refractivity contribution in [3.8, 4) is 11.5 Å². The Balaban J connectivity index is 2.30. The summed E-state index contributed by atoms with van der Waals surface area (Å²) in [6.07, 6.45) is 0. The first kappa shape index (κ1) is 15.0. The fourth-order valence-corrected chi connectivity index (χ4v) is 1.92. The molecule has 2 rings (SSSR count). The SMILES string of the molecule is O=[N+]([O-])c1ccc(Oc2ccc([N+](=O)[O-])cc2Cl)c(Cl)c1. The minimum atomic E-state index is -0.589. The summed E-state index contributed by atoms with van der Waals surface area (Å²) in [5.41, 5.74) is -0.357. The van der Waals surface area contributed by atoms with Gasteiger partial charge in [0.2, 0.25) is 0 Å². The molecule has 0 bridgehead atoms. The standard InChI is InChI=1S/C12H6Cl2N2O5/c13-9-5-7(15(17)18)1-3-11(9)21-12-4-2-8(16(19)20)6-10(12)14/h1-6H. The number of non-ortho nitro benzene ring substituents is 2. The third-order valence-electron chi connectivity index (χ3n) is 2.47. The molecule has 0 amide bonds. The molecule has 0 fully saturated rings. The minimum Gasteiger partial charge on any atom is -0.454 e. The number of hydrogen-bond acceptors (Lipinski definition) is 5. The van der Waals surface area contributed by atoms with Crippen molar-refractivity contribution in [2.45, 2.75) is 0 Å². The van der Waals surface area contributed by atoms with Gasteiger partial charge in [-0.1, -0.05) is 23.2 Å². The van der Waals surface area contributed by atoms with Gasteiger partial charge in [-0.3, -0.25) is 20.2 Å². The summed E-state index contributed by atoms with van der Waals surface area (Å²) < 4.78 is 5.40. The highest BCUT2D eigenvalue weighted by atomic mass is 35.5. The van der Waals surface area contributed by atoms with Crippen LogP contribution in [0, 0.1) is 20.2 Å².